The maximum atomic E-state index is 13.2. The summed E-state index contributed by atoms with van der Waals surface area (Å²) < 4.78 is 10.9. The zero-order valence-corrected chi connectivity index (χ0v) is 22.0. The summed E-state index contributed by atoms with van der Waals surface area (Å²) in [6.07, 6.45) is -0.288. The second-order valence-corrected chi connectivity index (χ2v) is 10.6. The van der Waals surface area contributed by atoms with E-state index in [0.717, 1.165) is 5.56 Å². The SMILES string of the molecule is C[C@@H]1OCC(=O)[C@H]1NN(C[C@H](CC(C)(C)c1ccccc1)NC(=O)c1ccccc1)[C@@H]1C(=O)CO[C@@H]1C=O. The second kappa shape index (κ2) is 12.1. The molecular formula is C29H35N3O6. The lowest BCUT2D eigenvalue weighted by Crippen LogP contribution is -2.62. The number of carbonyl (C=O) groups excluding carboxylic acids is 4. The molecule has 0 radical (unpaired) electrons. The Hall–Kier alpha value is -3.24. The molecule has 38 heavy (non-hydrogen) atoms. The molecule has 202 valence electrons. The van der Waals surface area contributed by atoms with E-state index < -0.39 is 30.3 Å². The van der Waals surface area contributed by atoms with Crippen molar-refractivity contribution in [3.8, 4) is 0 Å². The summed E-state index contributed by atoms with van der Waals surface area (Å²) in [4.78, 5) is 50.5. The standard InChI is InChI=1S/C29H35N3O6/c1-19-26(23(34)17-37-19)31-32(27-24(35)18-38-25(27)16-33)15-22(30-28(36)20-10-6-4-7-11-20)14-29(2,3)21-12-8-5-9-13-21/h4-13,16,19,22,25-27,31H,14-15,17-18H2,1-3H3,(H,30,36)/t19-,22-,25+,26-,27+/m0/s1. The topological polar surface area (TPSA) is 114 Å². The minimum Gasteiger partial charge on any atom is -0.369 e. The van der Waals surface area contributed by atoms with Gasteiger partial charge in [-0.1, -0.05) is 62.4 Å². The van der Waals surface area contributed by atoms with Crippen LogP contribution in [0.3, 0.4) is 0 Å². The Balaban J connectivity index is 1.65. The van der Waals surface area contributed by atoms with E-state index in [0.29, 0.717) is 18.3 Å². The average molecular weight is 522 g/mol. The molecule has 5 atom stereocenters. The number of ether oxygens (including phenoxy) is 2. The number of carbonyl (C=O) groups is 4. The quantitative estimate of drug-likeness (QED) is 0.340. The molecule has 0 aliphatic carbocycles. The van der Waals surface area contributed by atoms with Gasteiger partial charge in [0.15, 0.2) is 17.9 Å². The molecule has 2 aromatic rings. The van der Waals surface area contributed by atoms with E-state index in [-0.39, 0.29) is 42.6 Å². The average Bonchev–Trinajstić information content (AvgIpc) is 3.45. The molecule has 2 aliphatic heterocycles. The molecule has 2 aromatic carbocycles. The summed E-state index contributed by atoms with van der Waals surface area (Å²) in [5.74, 6) is -0.677. The van der Waals surface area contributed by atoms with Gasteiger partial charge in [-0.05, 0) is 36.5 Å². The minimum atomic E-state index is -0.990. The highest BCUT2D eigenvalue weighted by Gasteiger charge is 2.44. The third kappa shape index (κ3) is 6.42. The lowest BCUT2D eigenvalue weighted by atomic mass is 9.79. The van der Waals surface area contributed by atoms with Gasteiger partial charge in [0.05, 0.1) is 6.10 Å². The number of hydrazine groups is 1. The Morgan fingerprint density at radius 2 is 1.66 bits per heavy atom. The second-order valence-electron chi connectivity index (χ2n) is 10.6. The van der Waals surface area contributed by atoms with Crippen molar-refractivity contribution in [2.24, 2.45) is 0 Å². The van der Waals surface area contributed by atoms with Crippen LogP contribution in [0.15, 0.2) is 60.7 Å². The fourth-order valence-corrected chi connectivity index (χ4v) is 5.15. The number of amides is 1. The first-order valence-corrected chi connectivity index (χ1v) is 12.9. The van der Waals surface area contributed by atoms with Crippen molar-refractivity contribution < 1.29 is 28.7 Å². The monoisotopic (exact) mass is 521 g/mol. The van der Waals surface area contributed by atoms with Crippen LogP contribution in [0.2, 0.25) is 0 Å². The highest BCUT2D eigenvalue weighted by Crippen LogP contribution is 2.29. The number of benzene rings is 2. The van der Waals surface area contributed by atoms with Crippen LogP contribution in [-0.4, -0.2) is 78.9 Å². The molecule has 0 unspecified atom stereocenters. The number of Topliss-reactive ketones (excluding diaryl/α,β-unsaturated/α-hetero) is 2. The van der Waals surface area contributed by atoms with E-state index in [2.05, 4.69) is 24.6 Å². The molecule has 1 amide bonds. The van der Waals surface area contributed by atoms with Crippen molar-refractivity contribution in [2.45, 2.75) is 62.9 Å². The van der Waals surface area contributed by atoms with Crippen LogP contribution in [-0.2, 0) is 29.3 Å². The van der Waals surface area contributed by atoms with Gasteiger partial charge in [0.1, 0.15) is 31.4 Å². The van der Waals surface area contributed by atoms with Crippen LogP contribution >= 0.6 is 0 Å². The van der Waals surface area contributed by atoms with E-state index in [9.17, 15) is 19.2 Å². The van der Waals surface area contributed by atoms with Gasteiger partial charge in [0.25, 0.3) is 5.91 Å². The van der Waals surface area contributed by atoms with E-state index in [1.165, 1.54) is 0 Å². The largest absolute Gasteiger partial charge is 0.369 e. The molecule has 9 heteroatoms. The molecule has 2 fully saturated rings. The summed E-state index contributed by atoms with van der Waals surface area (Å²) >= 11 is 0. The van der Waals surface area contributed by atoms with Crippen LogP contribution < -0.4 is 10.7 Å². The Kier molecular flexibility index (Phi) is 8.83. The Morgan fingerprint density at radius 3 is 2.26 bits per heavy atom. The van der Waals surface area contributed by atoms with Crippen LogP contribution in [0.25, 0.3) is 0 Å². The zero-order valence-electron chi connectivity index (χ0n) is 22.0. The zero-order chi connectivity index (χ0) is 27.3. The van der Waals surface area contributed by atoms with Crippen molar-refractivity contribution in [1.82, 2.24) is 15.8 Å². The highest BCUT2D eigenvalue weighted by molar-refractivity contribution is 5.94. The molecule has 2 heterocycles. The first kappa shape index (κ1) is 27.8. The molecule has 0 saturated carbocycles. The van der Waals surface area contributed by atoms with E-state index in [1.54, 1.807) is 36.2 Å². The van der Waals surface area contributed by atoms with Gasteiger partial charge >= 0.3 is 0 Å². The minimum absolute atomic E-state index is 0.0336. The molecular weight excluding hydrogens is 486 g/mol. The summed E-state index contributed by atoms with van der Waals surface area (Å²) in [5.41, 5.74) is 4.43. The fraction of sp³-hybridized carbons (Fsp3) is 0.448. The van der Waals surface area contributed by atoms with Crippen molar-refractivity contribution in [1.29, 1.82) is 0 Å². The summed E-state index contributed by atoms with van der Waals surface area (Å²) in [5, 5.41) is 4.73. The summed E-state index contributed by atoms with van der Waals surface area (Å²) in [6, 6.07) is 16.8. The smallest absolute Gasteiger partial charge is 0.251 e. The molecule has 2 N–H and O–H groups in total. The van der Waals surface area contributed by atoms with Crippen LogP contribution in [0.4, 0.5) is 0 Å². The molecule has 0 spiro atoms. The van der Waals surface area contributed by atoms with Gasteiger partial charge in [0.2, 0.25) is 0 Å². The first-order chi connectivity index (χ1) is 18.2. The van der Waals surface area contributed by atoms with Gasteiger partial charge in [-0.15, -0.1) is 0 Å². The van der Waals surface area contributed by atoms with Crippen molar-refractivity contribution in [2.75, 3.05) is 19.8 Å². The highest BCUT2D eigenvalue weighted by atomic mass is 16.5. The fourth-order valence-electron chi connectivity index (χ4n) is 5.15. The molecule has 4 rings (SSSR count). The maximum absolute atomic E-state index is 13.2. The van der Waals surface area contributed by atoms with Gasteiger partial charge in [-0.25, -0.2) is 10.4 Å². The molecule has 2 saturated heterocycles. The Morgan fingerprint density at radius 1 is 1.03 bits per heavy atom. The van der Waals surface area contributed by atoms with Crippen molar-refractivity contribution in [3.05, 3.63) is 71.8 Å². The lowest BCUT2D eigenvalue weighted by Gasteiger charge is -2.38. The number of nitrogens with one attached hydrogen (secondary N) is 2. The van der Waals surface area contributed by atoms with Crippen LogP contribution in [0.5, 0.6) is 0 Å². The number of rotatable bonds is 11. The van der Waals surface area contributed by atoms with E-state index in [1.807, 2.05) is 36.4 Å². The lowest BCUT2D eigenvalue weighted by molar-refractivity contribution is -0.127. The molecule has 0 bridgehead atoms. The number of aldehydes is 1. The van der Waals surface area contributed by atoms with Crippen molar-refractivity contribution >= 4 is 23.8 Å². The first-order valence-electron chi connectivity index (χ1n) is 12.9. The predicted molar refractivity (Wildman–Crippen MR) is 140 cm³/mol. The van der Waals surface area contributed by atoms with E-state index in [4.69, 9.17) is 9.47 Å². The maximum Gasteiger partial charge on any atom is 0.251 e. The molecule has 0 aromatic heterocycles. The Bertz CT molecular complexity index is 1140. The number of hydrogen-bond donors (Lipinski definition) is 2. The molecule has 9 nitrogen and oxygen atoms in total. The Labute approximate surface area is 222 Å². The normalized spacial score (nSPS) is 24.5. The summed E-state index contributed by atoms with van der Waals surface area (Å²) in [6.45, 7) is 5.88. The van der Waals surface area contributed by atoms with Crippen LogP contribution in [0, 0.1) is 0 Å². The van der Waals surface area contributed by atoms with Gasteiger partial charge in [-0.3, -0.25) is 14.4 Å². The summed E-state index contributed by atoms with van der Waals surface area (Å²) in [7, 11) is 0. The number of nitrogens with zero attached hydrogens (tertiary/aromatic N) is 1. The number of hydrogen-bond acceptors (Lipinski definition) is 8. The predicted octanol–water partition coefficient (Wildman–Crippen LogP) is 1.85. The third-order valence-corrected chi connectivity index (χ3v) is 7.24. The van der Waals surface area contributed by atoms with Crippen molar-refractivity contribution in [3.63, 3.8) is 0 Å². The van der Waals surface area contributed by atoms with Crippen LogP contribution in [0.1, 0.15) is 43.1 Å². The van der Waals surface area contributed by atoms with Gasteiger partial charge < -0.3 is 19.6 Å². The number of ketones is 2. The van der Waals surface area contributed by atoms with Gasteiger partial charge in [-0.2, -0.15) is 0 Å². The third-order valence-electron chi connectivity index (χ3n) is 7.24. The molecule has 2 aliphatic rings. The van der Waals surface area contributed by atoms with Gasteiger partial charge in [0, 0.05) is 18.2 Å². The van der Waals surface area contributed by atoms with E-state index >= 15 is 0 Å².